The van der Waals surface area contributed by atoms with E-state index >= 15 is 0 Å². The van der Waals surface area contributed by atoms with Crippen LogP contribution in [0.25, 0.3) is 21.9 Å². The quantitative estimate of drug-likeness (QED) is 0.522. The van der Waals surface area contributed by atoms with Crippen LogP contribution in [0.4, 0.5) is 5.69 Å². The minimum atomic E-state index is -1.66. The number of para-hydroxylation sites is 1. The number of rotatable bonds is 4. The van der Waals surface area contributed by atoms with Gasteiger partial charge < -0.3 is 9.15 Å². The number of nitrogens with zero attached hydrogens (tertiary/aromatic N) is 3. The van der Waals surface area contributed by atoms with Gasteiger partial charge in [0.15, 0.2) is 0 Å². The summed E-state index contributed by atoms with van der Waals surface area (Å²) in [5, 5.41) is 19.0. The van der Waals surface area contributed by atoms with E-state index in [1.807, 2.05) is 36.4 Å². The number of carbonyl (C=O) groups excluding carboxylic acids is 1. The van der Waals surface area contributed by atoms with E-state index in [9.17, 15) is 10.1 Å². The van der Waals surface area contributed by atoms with Crippen molar-refractivity contribution in [2.75, 3.05) is 6.61 Å². The number of nitriles is 1. The van der Waals surface area contributed by atoms with Crippen LogP contribution in [0.15, 0.2) is 57.1 Å². The van der Waals surface area contributed by atoms with Crippen molar-refractivity contribution in [2.45, 2.75) is 19.4 Å². The van der Waals surface area contributed by atoms with Crippen LogP contribution in [0.3, 0.4) is 0 Å². The van der Waals surface area contributed by atoms with Crippen molar-refractivity contribution in [3.05, 3.63) is 42.5 Å². The molecule has 0 N–H and O–H groups in total. The van der Waals surface area contributed by atoms with Gasteiger partial charge in [-0.1, -0.05) is 18.2 Å². The van der Waals surface area contributed by atoms with E-state index in [0.717, 1.165) is 21.9 Å². The largest absolute Gasteiger partial charge is 0.463 e. The fourth-order valence-corrected chi connectivity index (χ4v) is 2.31. The number of hydrogen-bond acceptors (Lipinski definition) is 6. The lowest BCUT2D eigenvalue weighted by atomic mass is 10.1. The van der Waals surface area contributed by atoms with Crippen LogP contribution in [0.1, 0.15) is 13.8 Å². The fourth-order valence-electron chi connectivity index (χ4n) is 2.31. The molecular formula is C18H15N3O3. The first-order valence-corrected chi connectivity index (χ1v) is 7.50. The molecule has 0 unspecified atom stereocenters. The summed E-state index contributed by atoms with van der Waals surface area (Å²) in [5.41, 5.74) is 0.391. The summed E-state index contributed by atoms with van der Waals surface area (Å²) >= 11 is 0. The Kier molecular flexibility index (Phi) is 4.00. The number of furan rings is 1. The molecule has 0 aliphatic rings. The van der Waals surface area contributed by atoms with Gasteiger partial charge in [0.1, 0.15) is 17.2 Å². The van der Waals surface area contributed by atoms with Gasteiger partial charge >= 0.3 is 5.97 Å². The third-order valence-electron chi connectivity index (χ3n) is 3.62. The number of ether oxygens (including phenoxy) is 1. The van der Waals surface area contributed by atoms with Crippen molar-refractivity contribution in [1.82, 2.24) is 0 Å². The first kappa shape index (κ1) is 15.7. The molecule has 0 amide bonds. The maximum Gasteiger partial charge on any atom is 0.350 e. The minimum Gasteiger partial charge on any atom is -0.463 e. The SMILES string of the molecule is CCOC(=O)[C@@](C)(C#N)N=Nc1ccc2oc3ccccc3c2c1. The molecular weight excluding hydrogens is 306 g/mol. The molecule has 0 spiro atoms. The lowest BCUT2D eigenvalue weighted by Gasteiger charge is -2.12. The number of carbonyl (C=O) groups is 1. The van der Waals surface area contributed by atoms with Crippen molar-refractivity contribution in [2.24, 2.45) is 10.2 Å². The Morgan fingerprint density at radius 3 is 2.75 bits per heavy atom. The molecule has 0 radical (unpaired) electrons. The Labute approximate surface area is 138 Å². The molecule has 0 fully saturated rings. The minimum absolute atomic E-state index is 0.179. The van der Waals surface area contributed by atoms with Gasteiger partial charge in [0, 0.05) is 10.8 Å². The molecule has 3 rings (SSSR count). The molecule has 1 heterocycles. The van der Waals surface area contributed by atoms with Gasteiger partial charge in [0.25, 0.3) is 5.54 Å². The van der Waals surface area contributed by atoms with Gasteiger partial charge in [0.2, 0.25) is 0 Å². The normalized spacial score (nSPS) is 13.9. The van der Waals surface area contributed by atoms with E-state index in [0.29, 0.717) is 5.69 Å². The molecule has 1 aromatic heterocycles. The van der Waals surface area contributed by atoms with Crippen molar-refractivity contribution in [1.29, 1.82) is 5.26 Å². The van der Waals surface area contributed by atoms with Gasteiger partial charge in [-0.2, -0.15) is 15.5 Å². The molecule has 0 aliphatic carbocycles. The second-order valence-electron chi connectivity index (χ2n) is 5.38. The first-order chi connectivity index (χ1) is 11.6. The second-order valence-corrected chi connectivity index (χ2v) is 5.38. The predicted octanol–water partition coefficient (Wildman–Crippen LogP) is 4.52. The second kappa shape index (κ2) is 6.13. The third kappa shape index (κ3) is 2.72. The van der Waals surface area contributed by atoms with E-state index in [1.165, 1.54) is 6.92 Å². The Hall–Kier alpha value is -3.20. The van der Waals surface area contributed by atoms with Crippen LogP contribution in [0.5, 0.6) is 0 Å². The summed E-state index contributed by atoms with van der Waals surface area (Å²) in [6, 6.07) is 14.9. The van der Waals surface area contributed by atoms with Crippen LogP contribution in [0, 0.1) is 11.3 Å². The van der Waals surface area contributed by atoms with Crippen molar-refractivity contribution in [3.63, 3.8) is 0 Å². The van der Waals surface area contributed by atoms with E-state index < -0.39 is 11.5 Å². The lowest BCUT2D eigenvalue weighted by molar-refractivity contribution is -0.146. The van der Waals surface area contributed by atoms with E-state index in [4.69, 9.17) is 9.15 Å². The smallest absolute Gasteiger partial charge is 0.350 e. The van der Waals surface area contributed by atoms with E-state index in [2.05, 4.69) is 10.2 Å². The first-order valence-electron chi connectivity index (χ1n) is 7.50. The lowest BCUT2D eigenvalue weighted by Crippen LogP contribution is -2.33. The molecule has 0 aliphatic heterocycles. The molecule has 1 atom stereocenters. The van der Waals surface area contributed by atoms with Gasteiger partial charge in [-0.25, -0.2) is 4.79 Å². The number of benzene rings is 2. The molecule has 24 heavy (non-hydrogen) atoms. The van der Waals surface area contributed by atoms with Gasteiger partial charge in [-0.05, 0) is 38.1 Å². The maximum absolute atomic E-state index is 11.8. The highest BCUT2D eigenvalue weighted by Gasteiger charge is 2.35. The highest BCUT2D eigenvalue weighted by atomic mass is 16.5. The molecule has 3 aromatic rings. The summed E-state index contributed by atoms with van der Waals surface area (Å²) in [6.07, 6.45) is 0. The van der Waals surface area contributed by atoms with Crippen LogP contribution in [-0.2, 0) is 9.53 Å². The fraction of sp³-hybridized carbons (Fsp3) is 0.222. The maximum atomic E-state index is 11.8. The van der Waals surface area contributed by atoms with Crippen LogP contribution < -0.4 is 0 Å². The number of fused-ring (bicyclic) bond motifs is 3. The molecule has 6 nitrogen and oxygen atoms in total. The Morgan fingerprint density at radius 2 is 2.00 bits per heavy atom. The van der Waals surface area contributed by atoms with Crippen LogP contribution >= 0.6 is 0 Å². The molecule has 2 aromatic carbocycles. The summed E-state index contributed by atoms with van der Waals surface area (Å²) in [6.45, 7) is 3.23. The monoisotopic (exact) mass is 321 g/mol. The Bertz CT molecular complexity index is 984. The number of hydrogen-bond donors (Lipinski definition) is 0. The summed E-state index contributed by atoms with van der Waals surface area (Å²) in [5.74, 6) is -0.717. The molecule has 0 bridgehead atoms. The summed E-state index contributed by atoms with van der Waals surface area (Å²) < 4.78 is 10.6. The zero-order chi connectivity index (χ0) is 17.2. The predicted molar refractivity (Wildman–Crippen MR) is 88.9 cm³/mol. The average molecular weight is 321 g/mol. The average Bonchev–Trinajstić information content (AvgIpc) is 2.98. The third-order valence-corrected chi connectivity index (χ3v) is 3.62. The molecule has 120 valence electrons. The molecule has 0 saturated carbocycles. The van der Waals surface area contributed by atoms with Crippen LogP contribution in [-0.4, -0.2) is 18.1 Å². The zero-order valence-corrected chi connectivity index (χ0v) is 13.3. The van der Waals surface area contributed by atoms with E-state index in [-0.39, 0.29) is 6.61 Å². The van der Waals surface area contributed by atoms with Gasteiger partial charge in [0.05, 0.1) is 12.3 Å². The highest BCUT2D eigenvalue weighted by Crippen LogP contribution is 2.31. The standard InChI is InChI=1S/C18H15N3O3/c1-3-23-17(22)18(2,11-19)21-20-12-8-9-16-14(10-12)13-6-4-5-7-15(13)24-16/h4-10H,3H2,1-2H3/t18-/m1/s1. The van der Waals surface area contributed by atoms with Crippen molar-refractivity contribution in [3.8, 4) is 6.07 Å². The number of esters is 1. The topological polar surface area (TPSA) is 88.0 Å². The Morgan fingerprint density at radius 1 is 1.25 bits per heavy atom. The summed E-state index contributed by atoms with van der Waals surface area (Å²) in [4.78, 5) is 11.8. The highest BCUT2D eigenvalue weighted by molar-refractivity contribution is 6.05. The Balaban J connectivity index is 1.99. The zero-order valence-electron chi connectivity index (χ0n) is 13.3. The van der Waals surface area contributed by atoms with Crippen molar-refractivity contribution < 1.29 is 13.9 Å². The molecule has 0 saturated heterocycles. The van der Waals surface area contributed by atoms with Crippen molar-refractivity contribution >= 4 is 33.6 Å². The van der Waals surface area contributed by atoms with Gasteiger partial charge in [-0.3, -0.25) is 0 Å². The van der Waals surface area contributed by atoms with Crippen LogP contribution in [0.2, 0.25) is 0 Å². The summed E-state index contributed by atoms with van der Waals surface area (Å²) in [7, 11) is 0. The number of azo groups is 1. The van der Waals surface area contributed by atoms with Gasteiger partial charge in [-0.15, -0.1) is 0 Å². The van der Waals surface area contributed by atoms with E-state index in [1.54, 1.807) is 19.1 Å². The molecule has 6 heteroatoms.